The number of nitrogens with zero attached hydrogens (tertiary/aromatic N) is 2. The molecule has 0 radical (unpaired) electrons. The maximum absolute atomic E-state index is 13.0. The second-order valence-electron chi connectivity index (χ2n) is 7.93. The van der Waals surface area contributed by atoms with Crippen molar-refractivity contribution in [3.05, 3.63) is 40.2 Å². The third-order valence-electron chi connectivity index (χ3n) is 5.96. The number of aromatic nitrogens is 2. The Hall–Kier alpha value is -3.36. The van der Waals surface area contributed by atoms with Crippen LogP contribution in [0.5, 0.6) is 5.75 Å². The SMILES string of the molecule is CC[C@H]1CCCCN1c1nc2c(c(=O)[nH]1)[C@H](C(=O)Nc1cccc(OC)c1)CC(=O)N2. The maximum Gasteiger partial charge on any atom is 0.258 e. The minimum Gasteiger partial charge on any atom is -0.497 e. The molecule has 31 heavy (non-hydrogen) atoms. The molecule has 0 saturated carbocycles. The Morgan fingerprint density at radius 2 is 2.16 bits per heavy atom. The minimum absolute atomic E-state index is 0.117. The number of piperidine rings is 1. The molecule has 1 saturated heterocycles. The average molecular weight is 425 g/mol. The van der Waals surface area contributed by atoms with Crippen molar-refractivity contribution in [3.63, 3.8) is 0 Å². The molecule has 164 valence electrons. The highest BCUT2D eigenvalue weighted by Crippen LogP contribution is 2.32. The summed E-state index contributed by atoms with van der Waals surface area (Å²) in [6.07, 6.45) is 4.03. The van der Waals surface area contributed by atoms with E-state index in [0.29, 0.717) is 23.4 Å². The molecule has 9 heteroatoms. The lowest BCUT2D eigenvalue weighted by Crippen LogP contribution is -2.43. The molecule has 0 bridgehead atoms. The van der Waals surface area contributed by atoms with Gasteiger partial charge in [0, 0.05) is 30.8 Å². The number of anilines is 3. The van der Waals surface area contributed by atoms with Gasteiger partial charge >= 0.3 is 0 Å². The number of hydrogen-bond donors (Lipinski definition) is 3. The molecule has 2 atom stereocenters. The van der Waals surface area contributed by atoms with Crippen LogP contribution < -0.4 is 25.8 Å². The summed E-state index contributed by atoms with van der Waals surface area (Å²) in [6, 6.07) is 7.20. The third-order valence-corrected chi connectivity index (χ3v) is 5.96. The number of methoxy groups -OCH3 is 1. The summed E-state index contributed by atoms with van der Waals surface area (Å²) >= 11 is 0. The molecule has 0 aliphatic carbocycles. The minimum atomic E-state index is -0.927. The Morgan fingerprint density at radius 3 is 2.94 bits per heavy atom. The lowest BCUT2D eigenvalue weighted by atomic mass is 9.92. The van der Waals surface area contributed by atoms with Crippen LogP contribution in [0.15, 0.2) is 29.1 Å². The van der Waals surface area contributed by atoms with Gasteiger partial charge in [-0.2, -0.15) is 4.98 Å². The van der Waals surface area contributed by atoms with Gasteiger partial charge in [-0.3, -0.25) is 19.4 Å². The number of ether oxygens (including phenoxy) is 1. The lowest BCUT2D eigenvalue weighted by molar-refractivity contribution is -0.123. The molecule has 0 spiro atoms. The molecule has 2 amide bonds. The fourth-order valence-corrected chi connectivity index (χ4v) is 4.35. The van der Waals surface area contributed by atoms with Crippen LogP contribution in [-0.2, 0) is 9.59 Å². The van der Waals surface area contributed by atoms with Gasteiger partial charge in [0.25, 0.3) is 5.56 Å². The number of nitrogens with one attached hydrogen (secondary N) is 3. The van der Waals surface area contributed by atoms with Crippen molar-refractivity contribution in [3.8, 4) is 5.75 Å². The van der Waals surface area contributed by atoms with Crippen LogP contribution in [0.1, 0.15) is 50.5 Å². The molecule has 2 aliphatic heterocycles. The molecular weight excluding hydrogens is 398 g/mol. The number of hydrogen-bond acceptors (Lipinski definition) is 6. The van der Waals surface area contributed by atoms with Gasteiger partial charge in [-0.05, 0) is 37.8 Å². The number of amides is 2. The molecular formula is C22H27N5O4. The predicted octanol–water partition coefficient (Wildman–Crippen LogP) is 2.61. The normalized spacial score (nSPS) is 20.6. The zero-order chi connectivity index (χ0) is 22.0. The van der Waals surface area contributed by atoms with Gasteiger partial charge < -0.3 is 20.3 Å². The number of H-pyrrole nitrogens is 1. The molecule has 1 aromatic heterocycles. The first-order valence-corrected chi connectivity index (χ1v) is 10.7. The first-order chi connectivity index (χ1) is 15.0. The summed E-state index contributed by atoms with van der Waals surface area (Å²) in [5.41, 5.74) is 0.317. The second-order valence-corrected chi connectivity index (χ2v) is 7.93. The smallest absolute Gasteiger partial charge is 0.258 e. The Balaban J connectivity index is 1.65. The van der Waals surface area contributed by atoms with Crippen molar-refractivity contribution in [2.45, 2.75) is 51.0 Å². The van der Waals surface area contributed by atoms with E-state index in [1.807, 2.05) is 0 Å². The first-order valence-electron chi connectivity index (χ1n) is 10.7. The number of carbonyl (C=O) groups excluding carboxylic acids is 2. The number of benzene rings is 1. The zero-order valence-corrected chi connectivity index (χ0v) is 17.7. The first kappa shape index (κ1) is 20.9. The van der Waals surface area contributed by atoms with Crippen LogP contribution in [0.2, 0.25) is 0 Å². The molecule has 3 heterocycles. The van der Waals surface area contributed by atoms with Crippen molar-refractivity contribution in [2.75, 3.05) is 29.2 Å². The van der Waals surface area contributed by atoms with E-state index in [0.717, 1.165) is 32.2 Å². The molecule has 1 fully saturated rings. The average Bonchev–Trinajstić information content (AvgIpc) is 2.78. The highest BCUT2D eigenvalue weighted by molar-refractivity contribution is 6.04. The predicted molar refractivity (Wildman–Crippen MR) is 118 cm³/mol. The Bertz CT molecular complexity index is 1050. The summed E-state index contributed by atoms with van der Waals surface area (Å²) in [5.74, 6) is -0.494. The number of fused-ring (bicyclic) bond motifs is 1. The highest BCUT2D eigenvalue weighted by Gasteiger charge is 2.35. The summed E-state index contributed by atoms with van der Waals surface area (Å²) in [4.78, 5) is 47.9. The van der Waals surface area contributed by atoms with E-state index < -0.39 is 17.4 Å². The Kier molecular flexibility index (Phi) is 5.92. The van der Waals surface area contributed by atoms with Crippen molar-refractivity contribution >= 4 is 29.3 Å². The Morgan fingerprint density at radius 1 is 1.32 bits per heavy atom. The topological polar surface area (TPSA) is 116 Å². The summed E-state index contributed by atoms with van der Waals surface area (Å²) in [6.45, 7) is 2.91. The standard InChI is InChI=1S/C22H27N5O4/c1-3-14-8-4-5-10-27(14)22-25-19-18(21(30)26-22)16(12-17(28)24-19)20(29)23-13-7-6-9-15(11-13)31-2/h6-7,9,11,14,16H,3-5,8,10,12H2,1-2H3,(H,23,29)(H2,24,25,26,28,30)/t14-,16+/m0/s1. The van der Waals surface area contributed by atoms with Gasteiger partial charge in [0.2, 0.25) is 17.8 Å². The van der Waals surface area contributed by atoms with Gasteiger partial charge in [0.1, 0.15) is 11.6 Å². The van der Waals surface area contributed by atoms with E-state index in [-0.39, 0.29) is 23.7 Å². The molecule has 9 nitrogen and oxygen atoms in total. The number of rotatable bonds is 5. The van der Waals surface area contributed by atoms with E-state index in [4.69, 9.17) is 4.74 Å². The van der Waals surface area contributed by atoms with E-state index in [1.54, 1.807) is 24.3 Å². The third kappa shape index (κ3) is 4.26. The zero-order valence-electron chi connectivity index (χ0n) is 17.7. The van der Waals surface area contributed by atoms with Crippen molar-refractivity contribution in [2.24, 2.45) is 0 Å². The van der Waals surface area contributed by atoms with Gasteiger partial charge in [-0.1, -0.05) is 13.0 Å². The summed E-state index contributed by atoms with van der Waals surface area (Å²) in [5, 5.41) is 5.46. The van der Waals surface area contributed by atoms with Crippen LogP contribution in [0, 0.1) is 0 Å². The van der Waals surface area contributed by atoms with Gasteiger partial charge in [-0.15, -0.1) is 0 Å². The van der Waals surface area contributed by atoms with E-state index in [1.165, 1.54) is 7.11 Å². The van der Waals surface area contributed by atoms with Crippen LogP contribution in [0.4, 0.5) is 17.5 Å². The van der Waals surface area contributed by atoms with E-state index in [2.05, 4.69) is 32.4 Å². The van der Waals surface area contributed by atoms with Crippen molar-refractivity contribution in [1.29, 1.82) is 0 Å². The largest absolute Gasteiger partial charge is 0.497 e. The lowest BCUT2D eigenvalue weighted by Gasteiger charge is -2.36. The number of aromatic amines is 1. The van der Waals surface area contributed by atoms with Gasteiger partial charge in [-0.25, -0.2) is 0 Å². The Labute approximate surface area is 180 Å². The van der Waals surface area contributed by atoms with Crippen molar-refractivity contribution in [1.82, 2.24) is 9.97 Å². The molecule has 4 rings (SSSR count). The van der Waals surface area contributed by atoms with E-state index >= 15 is 0 Å². The van der Waals surface area contributed by atoms with Crippen LogP contribution in [0.3, 0.4) is 0 Å². The molecule has 3 N–H and O–H groups in total. The monoisotopic (exact) mass is 425 g/mol. The van der Waals surface area contributed by atoms with Gasteiger partial charge in [0.15, 0.2) is 0 Å². The van der Waals surface area contributed by atoms with Crippen molar-refractivity contribution < 1.29 is 14.3 Å². The molecule has 2 aromatic rings. The van der Waals surface area contributed by atoms with Crippen LogP contribution in [0.25, 0.3) is 0 Å². The molecule has 2 aliphatic rings. The molecule has 0 unspecified atom stereocenters. The van der Waals surface area contributed by atoms with Gasteiger partial charge in [0.05, 0.1) is 18.6 Å². The fraction of sp³-hybridized carbons (Fsp3) is 0.455. The quantitative estimate of drug-likeness (QED) is 0.678. The second kappa shape index (κ2) is 8.79. The van der Waals surface area contributed by atoms with Crippen LogP contribution in [-0.4, -0.2) is 41.5 Å². The summed E-state index contributed by atoms with van der Waals surface area (Å²) < 4.78 is 5.18. The molecule has 1 aromatic carbocycles. The fourth-order valence-electron chi connectivity index (χ4n) is 4.35. The highest BCUT2D eigenvalue weighted by atomic mass is 16.5. The van der Waals surface area contributed by atoms with E-state index in [9.17, 15) is 14.4 Å². The maximum atomic E-state index is 13.0. The number of carbonyl (C=O) groups is 2. The van der Waals surface area contributed by atoms with Crippen LogP contribution >= 0.6 is 0 Å². The summed E-state index contributed by atoms with van der Waals surface area (Å²) in [7, 11) is 1.54.